The van der Waals surface area contributed by atoms with Gasteiger partial charge in [0.25, 0.3) is 0 Å². The van der Waals surface area contributed by atoms with Crippen molar-refractivity contribution < 1.29 is 19.4 Å². The second-order valence-corrected chi connectivity index (χ2v) is 6.28. The van der Waals surface area contributed by atoms with Crippen LogP contribution in [0, 0.1) is 5.92 Å². The third-order valence-corrected chi connectivity index (χ3v) is 4.59. The number of carbonyl (C=O) groups excluding carboxylic acids is 1. The van der Waals surface area contributed by atoms with Gasteiger partial charge in [0.05, 0.1) is 24.7 Å². The molecule has 0 atom stereocenters. The number of aliphatic hydroxyl groups is 1. The molecule has 4 nitrogen and oxygen atoms in total. The smallest absolute Gasteiger partial charge is 0.308 e. The van der Waals surface area contributed by atoms with Crippen LogP contribution in [0.4, 0.5) is 0 Å². The molecule has 1 aromatic carbocycles. The molecule has 0 radical (unpaired) electrons. The van der Waals surface area contributed by atoms with Crippen molar-refractivity contribution in [2.24, 2.45) is 5.92 Å². The van der Waals surface area contributed by atoms with E-state index in [4.69, 9.17) is 9.47 Å². The van der Waals surface area contributed by atoms with E-state index in [1.54, 1.807) is 0 Å². The summed E-state index contributed by atoms with van der Waals surface area (Å²) in [5.41, 5.74) is 0.0593. The molecule has 0 aliphatic heterocycles. The van der Waals surface area contributed by atoms with Gasteiger partial charge >= 0.3 is 5.97 Å². The molecule has 1 N–H and O–H groups in total. The van der Waals surface area contributed by atoms with Crippen LogP contribution in [0.2, 0.25) is 0 Å². The lowest BCUT2D eigenvalue weighted by molar-refractivity contribution is -0.151. The predicted octanol–water partition coefficient (Wildman–Crippen LogP) is 3.81. The minimum Gasteiger partial charge on any atom is -0.494 e. The molecule has 0 heterocycles. The van der Waals surface area contributed by atoms with E-state index in [0.717, 1.165) is 24.2 Å². The molecule has 1 fully saturated rings. The van der Waals surface area contributed by atoms with Crippen LogP contribution >= 0.6 is 0 Å². The van der Waals surface area contributed by atoms with Gasteiger partial charge in [0.1, 0.15) is 5.75 Å². The average molecular weight is 320 g/mol. The van der Waals surface area contributed by atoms with Crippen LogP contribution < -0.4 is 4.74 Å². The molecule has 1 aliphatic carbocycles. The lowest BCUT2D eigenvalue weighted by Gasteiger charge is -2.35. The van der Waals surface area contributed by atoms with Crippen molar-refractivity contribution in [3.8, 4) is 5.75 Å². The Hall–Kier alpha value is -1.55. The van der Waals surface area contributed by atoms with Gasteiger partial charge in [0.15, 0.2) is 0 Å². The monoisotopic (exact) mass is 320 g/mol. The summed E-state index contributed by atoms with van der Waals surface area (Å²) in [6.07, 6.45) is 4.47. The highest BCUT2D eigenvalue weighted by Gasteiger charge is 2.37. The fraction of sp³-hybridized carbons (Fsp3) is 0.632. The van der Waals surface area contributed by atoms with Crippen molar-refractivity contribution in [2.75, 3.05) is 13.2 Å². The largest absolute Gasteiger partial charge is 0.494 e. The molecular formula is C19H28O4. The van der Waals surface area contributed by atoms with E-state index in [1.807, 2.05) is 31.2 Å². The molecular weight excluding hydrogens is 292 g/mol. The number of hydrogen-bond donors (Lipinski definition) is 1. The number of hydrogen-bond acceptors (Lipinski definition) is 4. The van der Waals surface area contributed by atoms with E-state index < -0.39 is 5.60 Å². The van der Waals surface area contributed by atoms with E-state index in [0.29, 0.717) is 38.9 Å². The summed E-state index contributed by atoms with van der Waals surface area (Å²) >= 11 is 0. The van der Waals surface area contributed by atoms with Gasteiger partial charge in [-0.1, -0.05) is 25.5 Å². The highest BCUT2D eigenvalue weighted by atomic mass is 16.5. The summed E-state index contributed by atoms with van der Waals surface area (Å²) in [4.78, 5) is 12.0. The van der Waals surface area contributed by atoms with Crippen LogP contribution in [-0.4, -0.2) is 24.3 Å². The Balaban J connectivity index is 1.90. The van der Waals surface area contributed by atoms with Crippen molar-refractivity contribution in [3.63, 3.8) is 0 Å². The zero-order valence-electron chi connectivity index (χ0n) is 14.2. The number of ether oxygens (including phenoxy) is 2. The van der Waals surface area contributed by atoms with Crippen molar-refractivity contribution in [3.05, 3.63) is 29.8 Å². The van der Waals surface area contributed by atoms with Crippen molar-refractivity contribution >= 4 is 5.97 Å². The number of esters is 1. The van der Waals surface area contributed by atoms with Crippen LogP contribution in [0.25, 0.3) is 0 Å². The minimum atomic E-state index is -0.842. The zero-order valence-corrected chi connectivity index (χ0v) is 14.2. The van der Waals surface area contributed by atoms with Crippen LogP contribution in [0.5, 0.6) is 5.75 Å². The first-order chi connectivity index (χ1) is 11.1. The van der Waals surface area contributed by atoms with Crippen molar-refractivity contribution in [1.29, 1.82) is 0 Å². The number of rotatable bonds is 7. The minimum absolute atomic E-state index is 0.0742. The quantitative estimate of drug-likeness (QED) is 0.613. The number of carbonyl (C=O) groups is 1. The Morgan fingerprint density at radius 1 is 1.22 bits per heavy atom. The summed E-state index contributed by atoms with van der Waals surface area (Å²) in [5.74, 6) is 0.634. The Labute approximate surface area is 138 Å². The van der Waals surface area contributed by atoms with Gasteiger partial charge in [-0.2, -0.15) is 0 Å². The first-order valence-corrected chi connectivity index (χ1v) is 8.71. The SMILES string of the molecule is CCCCOC(=O)C1CCC(O)(c2ccc(OCC)cc2)CC1. The molecule has 0 unspecified atom stereocenters. The van der Waals surface area contributed by atoms with Crippen LogP contribution in [-0.2, 0) is 15.1 Å². The van der Waals surface area contributed by atoms with E-state index in [2.05, 4.69) is 6.92 Å². The molecule has 0 bridgehead atoms. The lowest BCUT2D eigenvalue weighted by atomic mass is 9.75. The molecule has 0 amide bonds. The third-order valence-electron chi connectivity index (χ3n) is 4.59. The molecule has 1 aromatic rings. The first kappa shape index (κ1) is 17.8. The fourth-order valence-electron chi connectivity index (χ4n) is 3.08. The fourth-order valence-corrected chi connectivity index (χ4v) is 3.08. The Kier molecular flexibility index (Phi) is 6.46. The summed E-state index contributed by atoms with van der Waals surface area (Å²) in [6.45, 7) is 5.16. The van der Waals surface area contributed by atoms with Gasteiger partial charge in [0, 0.05) is 0 Å². The second-order valence-electron chi connectivity index (χ2n) is 6.28. The van der Waals surface area contributed by atoms with Gasteiger partial charge in [-0.25, -0.2) is 0 Å². The lowest BCUT2D eigenvalue weighted by Crippen LogP contribution is -2.34. The average Bonchev–Trinajstić information content (AvgIpc) is 2.56. The maximum atomic E-state index is 12.0. The predicted molar refractivity (Wildman–Crippen MR) is 89.3 cm³/mol. The van der Waals surface area contributed by atoms with E-state index >= 15 is 0 Å². The number of unbranched alkanes of at least 4 members (excludes halogenated alkanes) is 1. The van der Waals surface area contributed by atoms with Gasteiger partial charge in [0.2, 0.25) is 0 Å². The van der Waals surface area contributed by atoms with Gasteiger partial charge in [-0.15, -0.1) is 0 Å². The molecule has 23 heavy (non-hydrogen) atoms. The molecule has 1 aliphatic rings. The van der Waals surface area contributed by atoms with Crippen LogP contribution in [0.1, 0.15) is 57.9 Å². The third kappa shape index (κ3) is 4.71. The van der Waals surface area contributed by atoms with Crippen LogP contribution in [0.3, 0.4) is 0 Å². The topological polar surface area (TPSA) is 55.8 Å². The first-order valence-electron chi connectivity index (χ1n) is 8.71. The Morgan fingerprint density at radius 2 is 1.87 bits per heavy atom. The number of benzene rings is 1. The molecule has 0 spiro atoms. The Bertz CT molecular complexity index is 487. The normalized spacial score (nSPS) is 24.2. The molecule has 0 aromatic heterocycles. The van der Waals surface area contributed by atoms with Crippen molar-refractivity contribution in [2.45, 2.75) is 58.0 Å². The summed E-state index contributed by atoms with van der Waals surface area (Å²) < 4.78 is 10.7. The van der Waals surface area contributed by atoms with Gasteiger partial charge < -0.3 is 14.6 Å². The standard InChI is InChI=1S/C19H28O4/c1-3-5-14-23-18(20)15-10-12-19(21,13-11-15)16-6-8-17(9-7-16)22-4-2/h6-9,15,21H,3-5,10-14H2,1-2H3. The molecule has 128 valence electrons. The maximum absolute atomic E-state index is 12.0. The molecule has 4 heteroatoms. The second kappa shape index (κ2) is 8.34. The highest BCUT2D eigenvalue weighted by Crippen LogP contribution is 2.40. The zero-order chi connectivity index (χ0) is 16.7. The summed E-state index contributed by atoms with van der Waals surface area (Å²) in [6, 6.07) is 7.62. The maximum Gasteiger partial charge on any atom is 0.308 e. The van der Waals surface area contributed by atoms with Gasteiger partial charge in [-0.3, -0.25) is 4.79 Å². The van der Waals surface area contributed by atoms with E-state index in [-0.39, 0.29) is 11.9 Å². The summed E-state index contributed by atoms with van der Waals surface area (Å²) in [5, 5.41) is 10.9. The van der Waals surface area contributed by atoms with E-state index in [9.17, 15) is 9.90 Å². The highest BCUT2D eigenvalue weighted by molar-refractivity contribution is 5.72. The van der Waals surface area contributed by atoms with Gasteiger partial charge in [-0.05, 0) is 56.7 Å². The molecule has 0 saturated heterocycles. The molecule has 2 rings (SSSR count). The summed E-state index contributed by atoms with van der Waals surface area (Å²) in [7, 11) is 0. The Morgan fingerprint density at radius 3 is 2.43 bits per heavy atom. The molecule has 1 saturated carbocycles. The van der Waals surface area contributed by atoms with Crippen LogP contribution in [0.15, 0.2) is 24.3 Å². The van der Waals surface area contributed by atoms with E-state index in [1.165, 1.54) is 0 Å². The van der Waals surface area contributed by atoms with Crippen molar-refractivity contribution in [1.82, 2.24) is 0 Å².